The first-order chi connectivity index (χ1) is 10.7. The number of nitrogens with zero attached hydrogens (tertiary/aromatic N) is 4. The normalized spacial score (nSPS) is 17.6. The van der Waals surface area contributed by atoms with Gasteiger partial charge in [-0.2, -0.15) is 5.10 Å². The molecule has 23 heavy (non-hydrogen) atoms. The maximum absolute atomic E-state index is 12.4. The van der Waals surface area contributed by atoms with Gasteiger partial charge in [0.2, 0.25) is 5.91 Å². The number of hydrogen-bond acceptors (Lipinski definition) is 4. The molecule has 0 bridgehead atoms. The predicted molar refractivity (Wildman–Crippen MR) is 91.3 cm³/mol. The highest BCUT2D eigenvalue weighted by Gasteiger charge is 2.24. The van der Waals surface area contributed by atoms with Crippen LogP contribution < -0.4 is 5.73 Å². The number of carbonyl (C=O) groups excluding carboxylic acids is 1. The minimum atomic E-state index is 0. The van der Waals surface area contributed by atoms with Gasteiger partial charge in [-0.3, -0.25) is 4.79 Å². The summed E-state index contributed by atoms with van der Waals surface area (Å²) in [6.07, 6.45) is 6.50. The van der Waals surface area contributed by atoms with Crippen LogP contribution in [0.5, 0.6) is 0 Å². The van der Waals surface area contributed by atoms with E-state index < -0.39 is 0 Å². The summed E-state index contributed by atoms with van der Waals surface area (Å²) in [5, 5.41) is 4.19. The number of nitrogen functional groups attached to an aromatic ring is 1. The Morgan fingerprint density at radius 1 is 1.35 bits per heavy atom. The van der Waals surface area contributed by atoms with Crippen LogP contribution in [0.1, 0.15) is 30.9 Å². The number of aromatic nitrogens is 3. The number of benzene rings is 1. The van der Waals surface area contributed by atoms with Crippen molar-refractivity contribution >= 4 is 24.0 Å². The molecule has 1 amide bonds. The highest BCUT2D eigenvalue weighted by Crippen LogP contribution is 2.21. The van der Waals surface area contributed by atoms with Crippen LogP contribution in [0.25, 0.3) is 0 Å². The monoisotopic (exact) mass is 335 g/mol. The van der Waals surface area contributed by atoms with E-state index in [-0.39, 0.29) is 24.4 Å². The SMILES string of the molecule is Cl.Nc1ccccc1CCC(=O)N1CCCC(n2cncn2)C1. The van der Waals surface area contributed by atoms with Crippen LogP contribution in [0.3, 0.4) is 0 Å². The van der Waals surface area contributed by atoms with Crippen LogP contribution in [-0.2, 0) is 11.2 Å². The zero-order valence-electron chi connectivity index (χ0n) is 13.0. The molecule has 2 heterocycles. The van der Waals surface area contributed by atoms with Gasteiger partial charge in [-0.05, 0) is 30.9 Å². The lowest BCUT2D eigenvalue weighted by Gasteiger charge is -2.32. The smallest absolute Gasteiger partial charge is 0.222 e. The van der Waals surface area contributed by atoms with Gasteiger partial charge < -0.3 is 10.6 Å². The Morgan fingerprint density at radius 2 is 2.17 bits per heavy atom. The molecule has 0 spiro atoms. The summed E-state index contributed by atoms with van der Waals surface area (Å²) in [7, 11) is 0. The van der Waals surface area contributed by atoms with Crippen molar-refractivity contribution in [3.63, 3.8) is 0 Å². The van der Waals surface area contributed by atoms with Crippen LogP contribution in [-0.4, -0.2) is 38.7 Å². The second kappa shape index (κ2) is 7.97. The highest BCUT2D eigenvalue weighted by atomic mass is 35.5. The Labute approximate surface area is 142 Å². The third-order valence-corrected chi connectivity index (χ3v) is 4.22. The molecule has 0 aliphatic carbocycles. The fraction of sp³-hybridized carbons (Fsp3) is 0.438. The number of halogens is 1. The van der Waals surface area contributed by atoms with Crippen molar-refractivity contribution < 1.29 is 4.79 Å². The molecule has 1 unspecified atom stereocenters. The first-order valence-corrected chi connectivity index (χ1v) is 7.69. The van der Waals surface area contributed by atoms with Crippen LogP contribution in [0, 0.1) is 0 Å². The van der Waals surface area contributed by atoms with Crippen LogP contribution >= 0.6 is 12.4 Å². The predicted octanol–water partition coefficient (Wildman–Crippen LogP) is 2.08. The number of piperidine rings is 1. The van der Waals surface area contributed by atoms with E-state index in [9.17, 15) is 4.79 Å². The molecule has 1 saturated heterocycles. The van der Waals surface area contributed by atoms with Crippen molar-refractivity contribution in [1.82, 2.24) is 19.7 Å². The number of para-hydroxylation sites is 1. The van der Waals surface area contributed by atoms with Crippen LogP contribution in [0.2, 0.25) is 0 Å². The largest absolute Gasteiger partial charge is 0.399 e. The van der Waals surface area contributed by atoms with Crippen molar-refractivity contribution in [2.75, 3.05) is 18.8 Å². The summed E-state index contributed by atoms with van der Waals surface area (Å²) >= 11 is 0. The number of anilines is 1. The average molecular weight is 336 g/mol. The molecule has 3 rings (SSSR count). The number of aryl methyl sites for hydroxylation is 1. The third-order valence-electron chi connectivity index (χ3n) is 4.22. The topological polar surface area (TPSA) is 77.0 Å². The van der Waals surface area contributed by atoms with E-state index in [0.717, 1.165) is 30.6 Å². The fourth-order valence-electron chi connectivity index (χ4n) is 2.96. The Bertz CT molecular complexity index is 631. The standard InChI is InChI=1S/C16H21N5O.ClH/c17-15-6-2-1-4-13(15)7-8-16(22)20-9-3-5-14(10-20)21-12-18-11-19-21;/h1-2,4,6,11-12,14H,3,5,7-10,17H2;1H. The van der Waals surface area contributed by atoms with Gasteiger partial charge in [0.1, 0.15) is 12.7 Å². The average Bonchev–Trinajstić information content (AvgIpc) is 3.08. The number of nitrogens with two attached hydrogens (primary N) is 1. The van der Waals surface area contributed by atoms with Gasteiger partial charge >= 0.3 is 0 Å². The maximum atomic E-state index is 12.4. The first kappa shape index (κ1) is 17.3. The van der Waals surface area contributed by atoms with Crippen molar-refractivity contribution in [2.45, 2.75) is 31.7 Å². The second-order valence-corrected chi connectivity index (χ2v) is 5.71. The van der Waals surface area contributed by atoms with Crippen molar-refractivity contribution in [1.29, 1.82) is 0 Å². The molecule has 7 heteroatoms. The van der Waals surface area contributed by atoms with Crippen LogP contribution in [0.4, 0.5) is 5.69 Å². The van der Waals surface area contributed by atoms with E-state index in [1.165, 1.54) is 0 Å². The summed E-state index contributed by atoms with van der Waals surface area (Å²) in [5.41, 5.74) is 7.73. The Morgan fingerprint density at radius 3 is 2.91 bits per heavy atom. The zero-order valence-corrected chi connectivity index (χ0v) is 13.8. The lowest BCUT2D eigenvalue weighted by Crippen LogP contribution is -2.41. The molecule has 1 aliphatic rings. The van der Waals surface area contributed by atoms with Crippen molar-refractivity contribution in [3.05, 3.63) is 42.5 Å². The molecule has 6 nitrogen and oxygen atoms in total. The third kappa shape index (κ3) is 4.22. The molecule has 0 radical (unpaired) electrons. The molecule has 0 saturated carbocycles. The summed E-state index contributed by atoms with van der Waals surface area (Å²) < 4.78 is 1.86. The van der Waals surface area contributed by atoms with Gasteiger partial charge in [0.15, 0.2) is 0 Å². The van der Waals surface area contributed by atoms with Crippen molar-refractivity contribution in [2.24, 2.45) is 0 Å². The van der Waals surface area contributed by atoms with Gasteiger partial charge in [-0.1, -0.05) is 18.2 Å². The van der Waals surface area contributed by atoms with Gasteiger partial charge in [-0.25, -0.2) is 9.67 Å². The Kier molecular flexibility index (Phi) is 5.98. The Hall–Kier alpha value is -2.08. The molecular weight excluding hydrogens is 314 g/mol. The molecule has 124 valence electrons. The van der Waals surface area contributed by atoms with Gasteiger partial charge in [-0.15, -0.1) is 12.4 Å². The van der Waals surface area contributed by atoms with Gasteiger partial charge in [0, 0.05) is 25.2 Å². The van der Waals surface area contributed by atoms with Gasteiger partial charge in [0.05, 0.1) is 6.04 Å². The molecular formula is C16H22ClN5O. The quantitative estimate of drug-likeness (QED) is 0.868. The zero-order chi connectivity index (χ0) is 15.4. The number of hydrogen-bond donors (Lipinski definition) is 1. The van der Waals surface area contributed by atoms with E-state index >= 15 is 0 Å². The summed E-state index contributed by atoms with van der Waals surface area (Å²) in [4.78, 5) is 18.4. The summed E-state index contributed by atoms with van der Waals surface area (Å²) in [5.74, 6) is 0.188. The maximum Gasteiger partial charge on any atom is 0.222 e. The van der Waals surface area contributed by atoms with E-state index in [1.807, 2.05) is 33.8 Å². The van der Waals surface area contributed by atoms with E-state index in [4.69, 9.17) is 5.73 Å². The lowest BCUT2D eigenvalue weighted by molar-refractivity contribution is -0.132. The molecule has 2 aromatic rings. The number of rotatable bonds is 4. The van der Waals surface area contributed by atoms with E-state index in [2.05, 4.69) is 10.1 Å². The Balaban J connectivity index is 0.00000192. The number of likely N-dealkylation sites (tertiary alicyclic amines) is 1. The first-order valence-electron chi connectivity index (χ1n) is 7.69. The number of amides is 1. The highest BCUT2D eigenvalue weighted by molar-refractivity contribution is 5.85. The number of carbonyl (C=O) groups is 1. The van der Waals surface area contributed by atoms with Gasteiger partial charge in [0.25, 0.3) is 0 Å². The van der Waals surface area contributed by atoms with Crippen LogP contribution in [0.15, 0.2) is 36.9 Å². The molecule has 2 N–H and O–H groups in total. The summed E-state index contributed by atoms with van der Waals surface area (Å²) in [6.45, 7) is 1.54. The fourth-order valence-corrected chi connectivity index (χ4v) is 2.96. The lowest BCUT2D eigenvalue weighted by atomic mass is 10.0. The minimum absolute atomic E-state index is 0. The molecule has 1 aromatic carbocycles. The minimum Gasteiger partial charge on any atom is -0.399 e. The molecule has 1 aromatic heterocycles. The van der Waals surface area contributed by atoms with E-state index in [1.54, 1.807) is 12.7 Å². The molecule has 1 fully saturated rings. The second-order valence-electron chi connectivity index (χ2n) is 5.71. The van der Waals surface area contributed by atoms with E-state index in [0.29, 0.717) is 19.4 Å². The van der Waals surface area contributed by atoms with Crippen molar-refractivity contribution in [3.8, 4) is 0 Å². The summed E-state index contributed by atoms with van der Waals surface area (Å²) in [6, 6.07) is 7.96. The molecule has 1 aliphatic heterocycles. The molecule has 1 atom stereocenters.